The maximum Gasteiger partial charge on any atom is 0.129 e. The van der Waals surface area contributed by atoms with Crippen LogP contribution in [0.3, 0.4) is 0 Å². The molecule has 0 aliphatic heterocycles. The number of benzene rings is 3. The molecule has 3 aromatic carbocycles. The molecule has 0 amide bonds. The first-order valence-electron chi connectivity index (χ1n) is 7.75. The van der Waals surface area contributed by atoms with Gasteiger partial charge in [-0.2, -0.15) is 0 Å². The first-order chi connectivity index (χ1) is 11.1. The van der Waals surface area contributed by atoms with Crippen molar-refractivity contribution >= 4 is 5.69 Å². The molecule has 3 rings (SSSR count). The fourth-order valence-corrected chi connectivity index (χ4v) is 2.68. The number of rotatable bonds is 4. The minimum absolute atomic E-state index is 0.0447. The highest BCUT2D eigenvalue weighted by Crippen LogP contribution is 2.33. The highest BCUT2D eigenvalue weighted by molar-refractivity contribution is 5.46. The third kappa shape index (κ3) is 3.37. The molecule has 0 spiro atoms. The number of anilines is 1. The third-order valence-corrected chi connectivity index (χ3v) is 4.17. The normalized spacial score (nSPS) is 11.2. The van der Waals surface area contributed by atoms with Crippen molar-refractivity contribution in [1.82, 2.24) is 0 Å². The summed E-state index contributed by atoms with van der Waals surface area (Å²) in [7, 11) is 0. The molecule has 0 aliphatic carbocycles. The molecule has 0 atom stereocenters. The van der Waals surface area contributed by atoms with Gasteiger partial charge in [-0.25, -0.2) is 0 Å². The Hall–Kier alpha value is -2.74. The summed E-state index contributed by atoms with van der Waals surface area (Å²) < 4.78 is 5.85. The number of hydrogen-bond acceptors (Lipinski definition) is 2. The van der Waals surface area contributed by atoms with E-state index in [9.17, 15) is 0 Å². The molecule has 0 saturated carbocycles. The van der Waals surface area contributed by atoms with E-state index in [1.807, 2.05) is 42.5 Å². The van der Waals surface area contributed by atoms with Crippen molar-refractivity contribution in [1.29, 1.82) is 0 Å². The van der Waals surface area contributed by atoms with Crippen LogP contribution in [0, 0.1) is 0 Å². The van der Waals surface area contributed by atoms with Crippen LogP contribution in [0.1, 0.15) is 25.0 Å². The van der Waals surface area contributed by atoms with Gasteiger partial charge in [0.05, 0.1) is 0 Å². The van der Waals surface area contributed by atoms with Gasteiger partial charge < -0.3 is 10.5 Å². The predicted octanol–water partition coefficient (Wildman–Crippen LogP) is 5.39. The van der Waals surface area contributed by atoms with E-state index in [0.29, 0.717) is 5.69 Å². The van der Waals surface area contributed by atoms with Gasteiger partial charge in [-0.15, -0.1) is 0 Å². The summed E-state index contributed by atoms with van der Waals surface area (Å²) in [5, 5.41) is 0. The SMILES string of the molecule is CC(C)(c1ccccc1)c1ccc(Oc2cccc(N)c2)cc1. The second-order valence-electron chi connectivity index (χ2n) is 6.19. The third-order valence-electron chi connectivity index (χ3n) is 4.17. The van der Waals surface area contributed by atoms with Gasteiger partial charge in [0, 0.05) is 17.2 Å². The van der Waals surface area contributed by atoms with E-state index in [-0.39, 0.29) is 5.41 Å². The van der Waals surface area contributed by atoms with E-state index < -0.39 is 0 Å². The highest BCUT2D eigenvalue weighted by atomic mass is 16.5. The first-order valence-corrected chi connectivity index (χ1v) is 7.75. The molecule has 0 radical (unpaired) electrons. The summed E-state index contributed by atoms with van der Waals surface area (Å²) in [4.78, 5) is 0. The van der Waals surface area contributed by atoms with E-state index in [1.165, 1.54) is 11.1 Å². The Kier molecular flexibility index (Phi) is 4.07. The molecule has 3 aromatic rings. The van der Waals surface area contributed by atoms with Crippen LogP contribution in [0.4, 0.5) is 5.69 Å². The first kappa shape index (κ1) is 15.2. The van der Waals surface area contributed by atoms with Gasteiger partial charge in [0.15, 0.2) is 0 Å². The topological polar surface area (TPSA) is 35.2 Å². The zero-order valence-corrected chi connectivity index (χ0v) is 13.5. The molecule has 0 aliphatic rings. The molecule has 0 saturated heterocycles. The zero-order chi connectivity index (χ0) is 16.3. The van der Waals surface area contributed by atoms with Gasteiger partial charge in [-0.1, -0.05) is 62.4 Å². The average Bonchev–Trinajstić information content (AvgIpc) is 2.56. The van der Waals surface area contributed by atoms with Crippen molar-refractivity contribution in [2.24, 2.45) is 0 Å². The fourth-order valence-electron chi connectivity index (χ4n) is 2.68. The van der Waals surface area contributed by atoms with Crippen LogP contribution in [0.15, 0.2) is 78.9 Å². The maximum atomic E-state index is 5.85. The van der Waals surface area contributed by atoms with E-state index >= 15 is 0 Å². The highest BCUT2D eigenvalue weighted by Gasteiger charge is 2.22. The van der Waals surface area contributed by atoms with Crippen molar-refractivity contribution in [2.75, 3.05) is 5.73 Å². The van der Waals surface area contributed by atoms with E-state index in [4.69, 9.17) is 10.5 Å². The van der Waals surface area contributed by atoms with Crippen molar-refractivity contribution in [3.05, 3.63) is 90.0 Å². The second-order valence-corrected chi connectivity index (χ2v) is 6.19. The Morgan fingerprint density at radius 2 is 1.35 bits per heavy atom. The lowest BCUT2D eigenvalue weighted by Crippen LogP contribution is -2.18. The quantitative estimate of drug-likeness (QED) is 0.656. The standard InChI is InChI=1S/C21H21NO/c1-21(2,16-7-4-3-5-8-16)17-11-13-19(14-12-17)23-20-10-6-9-18(22)15-20/h3-15H,22H2,1-2H3. The van der Waals surface area contributed by atoms with Crippen molar-refractivity contribution in [3.8, 4) is 11.5 Å². The summed E-state index contributed by atoms with van der Waals surface area (Å²) in [5.74, 6) is 1.56. The lowest BCUT2D eigenvalue weighted by Gasteiger charge is -2.26. The van der Waals surface area contributed by atoms with E-state index in [2.05, 4.69) is 50.2 Å². The summed E-state index contributed by atoms with van der Waals surface area (Å²) in [6.07, 6.45) is 0. The lowest BCUT2D eigenvalue weighted by molar-refractivity contribution is 0.482. The summed E-state index contributed by atoms with van der Waals surface area (Å²) in [6, 6.07) is 26.2. The molecule has 23 heavy (non-hydrogen) atoms. The Morgan fingerprint density at radius 1 is 0.696 bits per heavy atom. The van der Waals surface area contributed by atoms with Gasteiger partial charge in [-0.05, 0) is 35.4 Å². The molecule has 2 N–H and O–H groups in total. The number of nitrogen functional groups attached to an aromatic ring is 1. The van der Waals surface area contributed by atoms with Crippen LogP contribution in [0.5, 0.6) is 11.5 Å². The van der Waals surface area contributed by atoms with Gasteiger partial charge in [0.2, 0.25) is 0 Å². The largest absolute Gasteiger partial charge is 0.457 e. The van der Waals surface area contributed by atoms with Crippen LogP contribution in [-0.4, -0.2) is 0 Å². The monoisotopic (exact) mass is 303 g/mol. The lowest BCUT2D eigenvalue weighted by atomic mass is 9.78. The van der Waals surface area contributed by atoms with Crippen LogP contribution in [0.25, 0.3) is 0 Å². The Balaban J connectivity index is 1.82. The Bertz CT molecular complexity index is 776. The number of ether oxygens (including phenoxy) is 1. The number of nitrogens with two attached hydrogens (primary N) is 1. The smallest absolute Gasteiger partial charge is 0.129 e. The van der Waals surface area contributed by atoms with Crippen molar-refractivity contribution < 1.29 is 4.74 Å². The fraction of sp³-hybridized carbons (Fsp3) is 0.143. The summed E-state index contributed by atoms with van der Waals surface area (Å²) in [6.45, 7) is 4.46. The Morgan fingerprint density at radius 3 is 2.00 bits per heavy atom. The molecule has 2 nitrogen and oxygen atoms in total. The van der Waals surface area contributed by atoms with Crippen LogP contribution in [0.2, 0.25) is 0 Å². The summed E-state index contributed by atoms with van der Waals surface area (Å²) in [5.41, 5.74) is 8.98. The van der Waals surface area contributed by atoms with Crippen molar-refractivity contribution in [3.63, 3.8) is 0 Å². The molecular weight excluding hydrogens is 282 g/mol. The van der Waals surface area contributed by atoms with E-state index in [0.717, 1.165) is 11.5 Å². The zero-order valence-electron chi connectivity index (χ0n) is 13.5. The van der Waals surface area contributed by atoms with Gasteiger partial charge >= 0.3 is 0 Å². The van der Waals surface area contributed by atoms with Gasteiger partial charge in [0.1, 0.15) is 11.5 Å². The molecule has 0 heterocycles. The predicted molar refractivity (Wildman–Crippen MR) is 95.9 cm³/mol. The minimum atomic E-state index is -0.0447. The molecule has 0 fully saturated rings. The average molecular weight is 303 g/mol. The molecular formula is C21H21NO. The van der Waals surface area contributed by atoms with Gasteiger partial charge in [0.25, 0.3) is 0 Å². The molecule has 116 valence electrons. The molecule has 2 heteroatoms. The molecule has 0 aromatic heterocycles. The van der Waals surface area contributed by atoms with E-state index in [1.54, 1.807) is 0 Å². The minimum Gasteiger partial charge on any atom is -0.457 e. The number of hydrogen-bond donors (Lipinski definition) is 1. The Labute approximate surface area is 137 Å². The molecule has 0 bridgehead atoms. The van der Waals surface area contributed by atoms with Crippen molar-refractivity contribution in [2.45, 2.75) is 19.3 Å². The van der Waals surface area contributed by atoms with Crippen LogP contribution in [-0.2, 0) is 5.41 Å². The molecule has 0 unspecified atom stereocenters. The second kappa shape index (κ2) is 6.17. The summed E-state index contributed by atoms with van der Waals surface area (Å²) >= 11 is 0. The van der Waals surface area contributed by atoms with Crippen LogP contribution < -0.4 is 10.5 Å². The van der Waals surface area contributed by atoms with Crippen LogP contribution >= 0.6 is 0 Å². The van der Waals surface area contributed by atoms with Gasteiger partial charge in [-0.3, -0.25) is 0 Å². The maximum absolute atomic E-state index is 5.85.